The van der Waals surface area contributed by atoms with Gasteiger partial charge in [-0.1, -0.05) is 0 Å². The highest BCUT2D eigenvalue weighted by Gasteiger charge is 2.42. The Kier molecular flexibility index (Phi) is 5.33. The van der Waals surface area contributed by atoms with Gasteiger partial charge < -0.3 is 20.1 Å². The lowest BCUT2D eigenvalue weighted by Gasteiger charge is -2.34. The average molecular weight is 394 g/mol. The maximum atomic E-state index is 13.8. The number of amides is 2. The summed E-state index contributed by atoms with van der Waals surface area (Å²) in [6.45, 7) is 2.83. The Hall–Kier alpha value is -2.06. The summed E-state index contributed by atoms with van der Waals surface area (Å²) in [6.07, 6.45) is 0.351. The van der Waals surface area contributed by atoms with Crippen LogP contribution in [0.5, 0.6) is 0 Å². The molecule has 3 aliphatic rings. The van der Waals surface area contributed by atoms with E-state index in [1.54, 1.807) is 0 Å². The molecule has 5 atom stereocenters. The van der Waals surface area contributed by atoms with E-state index in [9.17, 15) is 23.5 Å². The van der Waals surface area contributed by atoms with Gasteiger partial charge in [0, 0.05) is 36.9 Å². The van der Waals surface area contributed by atoms with Crippen LogP contribution in [0.15, 0.2) is 18.2 Å². The van der Waals surface area contributed by atoms with Crippen LogP contribution in [0, 0.1) is 29.4 Å². The number of fused-ring (bicyclic) bond motifs is 1. The normalized spacial score (nSPS) is 32.2. The molecule has 152 valence electrons. The van der Waals surface area contributed by atoms with Gasteiger partial charge >= 0.3 is 0 Å². The van der Waals surface area contributed by atoms with Crippen molar-refractivity contribution >= 4 is 11.8 Å². The van der Waals surface area contributed by atoms with E-state index in [4.69, 9.17) is 4.74 Å². The molecule has 2 amide bonds. The Labute approximate surface area is 161 Å². The molecule has 2 aliphatic heterocycles. The third-order valence-electron chi connectivity index (χ3n) is 6.21. The predicted molar refractivity (Wildman–Crippen MR) is 95.3 cm³/mol. The van der Waals surface area contributed by atoms with Crippen molar-refractivity contribution in [1.82, 2.24) is 10.2 Å². The van der Waals surface area contributed by atoms with Crippen molar-refractivity contribution in [2.75, 3.05) is 26.3 Å². The maximum absolute atomic E-state index is 13.8. The molecule has 0 bridgehead atoms. The molecule has 4 rings (SSSR count). The zero-order chi connectivity index (χ0) is 19.8. The fourth-order valence-electron chi connectivity index (χ4n) is 4.58. The second kappa shape index (κ2) is 7.75. The average Bonchev–Trinajstić information content (AvgIpc) is 3.24. The number of hydrogen-bond acceptors (Lipinski definition) is 4. The highest BCUT2D eigenvalue weighted by Crippen LogP contribution is 2.33. The Balaban J connectivity index is 1.32. The minimum atomic E-state index is -0.945. The second-order valence-electron chi connectivity index (χ2n) is 8.08. The molecule has 0 radical (unpaired) electrons. The zero-order valence-corrected chi connectivity index (χ0v) is 15.4. The van der Waals surface area contributed by atoms with Crippen LogP contribution in [-0.2, 0) is 9.53 Å². The molecule has 28 heavy (non-hydrogen) atoms. The van der Waals surface area contributed by atoms with Gasteiger partial charge in [-0.3, -0.25) is 9.59 Å². The number of ether oxygens (including phenoxy) is 1. The van der Waals surface area contributed by atoms with Crippen LogP contribution >= 0.6 is 0 Å². The molecule has 0 aromatic heterocycles. The van der Waals surface area contributed by atoms with Gasteiger partial charge in [-0.15, -0.1) is 0 Å². The van der Waals surface area contributed by atoms with Crippen molar-refractivity contribution in [3.63, 3.8) is 0 Å². The first-order valence-electron chi connectivity index (χ1n) is 9.73. The van der Waals surface area contributed by atoms with Crippen LogP contribution in [-0.4, -0.2) is 60.3 Å². The van der Waals surface area contributed by atoms with Crippen molar-refractivity contribution in [2.45, 2.75) is 31.4 Å². The number of halogens is 2. The van der Waals surface area contributed by atoms with Crippen LogP contribution in [0.4, 0.5) is 8.78 Å². The van der Waals surface area contributed by atoms with Gasteiger partial charge in [0.2, 0.25) is 5.91 Å². The van der Waals surface area contributed by atoms with Crippen molar-refractivity contribution in [3.8, 4) is 0 Å². The number of benzene rings is 1. The maximum Gasteiger partial charge on any atom is 0.254 e. The molecule has 1 aromatic carbocycles. The van der Waals surface area contributed by atoms with Gasteiger partial charge in [0.1, 0.15) is 11.6 Å². The number of nitrogens with one attached hydrogen (secondary N) is 1. The lowest BCUT2D eigenvalue weighted by atomic mass is 9.83. The number of carbonyl (C=O) groups excluding carboxylic acids is 2. The smallest absolute Gasteiger partial charge is 0.254 e. The van der Waals surface area contributed by atoms with Crippen molar-refractivity contribution in [2.24, 2.45) is 17.8 Å². The summed E-state index contributed by atoms with van der Waals surface area (Å²) >= 11 is 0. The topological polar surface area (TPSA) is 78.9 Å². The summed E-state index contributed by atoms with van der Waals surface area (Å²) in [6, 6.07) is 2.18. The highest BCUT2D eigenvalue weighted by atomic mass is 19.1. The minimum absolute atomic E-state index is 0.0582. The fourth-order valence-corrected chi connectivity index (χ4v) is 4.58. The van der Waals surface area contributed by atoms with Crippen molar-refractivity contribution in [3.05, 3.63) is 35.4 Å². The van der Waals surface area contributed by atoms with E-state index >= 15 is 0 Å². The molecule has 6 nitrogen and oxygen atoms in total. The number of aliphatic hydroxyl groups excluding tert-OH is 1. The molecule has 3 fully saturated rings. The van der Waals surface area contributed by atoms with Gasteiger partial charge in [-0.2, -0.15) is 0 Å². The van der Waals surface area contributed by atoms with Crippen LogP contribution in [0.3, 0.4) is 0 Å². The van der Waals surface area contributed by atoms with E-state index < -0.39 is 29.7 Å². The Bertz CT molecular complexity index is 763. The molecule has 0 spiro atoms. The van der Waals surface area contributed by atoms with E-state index in [0.717, 1.165) is 12.1 Å². The van der Waals surface area contributed by atoms with Crippen LogP contribution in [0.25, 0.3) is 0 Å². The number of aliphatic hydroxyl groups is 1. The molecule has 0 unspecified atom stereocenters. The highest BCUT2D eigenvalue weighted by molar-refractivity contribution is 5.94. The largest absolute Gasteiger partial charge is 0.391 e. The van der Waals surface area contributed by atoms with E-state index in [0.29, 0.717) is 57.0 Å². The molecule has 2 heterocycles. The number of nitrogens with zero attached hydrogens (tertiary/aromatic N) is 1. The van der Waals surface area contributed by atoms with E-state index in [2.05, 4.69) is 5.32 Å². The quantitative estimate of drug-likeness (QED) is 0.811. The Morgan fingerprint density at radius 2 is 1.86 bits per heavy atom. The molecular weight excluding hydrogens is 370 g/mol. The van der Waals surface area contributed by atoms with Gasteiger partial charge in [0.25, 0.3) is 5.91 Å². The van der Waals surface area contributed by atoms with E-state index in [1.165, 1.54) is 0 Å². The summed E-state index contributed by atoms with van der Waals surface area (Å²) in [4.78, 5) is 26.9. The monoisotopic (exact) mass is 394 g/mol. The van der Waals surface area contributed by atoms with Gasteiger partial charge in [0.05, 0.1) is 30.9 Å². The third-order valence-corrected chi connectivity index (χ3v) is 6.21. The Morgan fingerprint density at radius 1 is 1.14 bits per heavy atom. The standard InChI is InChI=1S/C20H24F2N2O4/c21-14-2-3-15(16(22)6-14)19(26)23-17-4-1-11(5-18(17)25)20(27)24-7-12-9-28-10-13(12)8-24/h2-3,6,11-13,17-18,25H,1,4-5,7-10H2,(H,23,26)/t11-,12-,13+,17-,18-/m0/s1. The molecule has 2 saturated heterocycles. The molecular formula is C20H24F2N2O4. The molecule has 2 N–H and O–H groups in total. The summed E-state index contributed by atoms with van der Waals surface area (Å²) in [5, 5.41) is 13.1. The van der Waals surface area contributed by atoms with Gasteiger partial charge in [-0.25, -0.2) is 8.78 Å². The summed E-state index contributed by atoms with van der Waals surface area (Å²) in [7, 11) is 0. The number of carbonyl (C=O) groups is 2. The fraction of sp³-hybridized carbons (Fsp3) is 0.600. The lowest BCUT2D eigenvalue weighted by molar-refractivity contribution is -0.137. The first kappa shape index (κ1) is 19.3. The number of rotatable bonds is 3. The van der Waals surface area contributed by atoms with Crippen molar-refractivity contribution in [1.29, 1.82) is 0 Å². The molecule has 1 aliphatic carbocycles. The van der Waals surface area contributed by atoms with Gasteiger partial charge in [0.15, 0.2) is 0 Å². The predicted octanol–water partition coefficient (Wildman–Crippen LogP) is 1.33. The first-order chi connectivity index (χ1) is 13.4. The summed E-state index contributed by atoms with van der Waals surface area (Å²) in [5.41, 5.74) is -0.266. The Morgan fingerprint density at radius 3 is 2.50 bits per heavy atom. The second-order valence-corrected chi connectivity index (χ2v) is 8.08. The SMILES string of the molecule is O=C(N[C@H]1CC[C@H](C(=O)N2C[C@H]3COC[C@H]3C2)C[C@@H]1O)c1ccc(F)cc1F. The van der Waals surface area contributed by atoms with Gasteiger partial charge in [-0.05, 0) is 31.4 Å². The summed E-state index contributed by atoms with van der Waals surface area (Å²) in [5.74, 6) is -1.79. The summed E-state index contributed by atoms with van der Waals surface area (Å²) < 4.78 is 32.2. The van der Waals surface area contributed by atoms with E-state index in [-0.39, 0.29) is 23.8 Å². The minimum Gasteiger partial charge on any atom is -0.391 e. The number of likely N-dealkylation sites (tertiary alicyclic amines) is 1. The molecule has 1 aromatic rings. The first-order valence-corrected chi connectivity index (χ1v) is 9.73. The van der Waals surface area contributed by atoms with Crippen LogP contribution < -0.4 is 5.32 Å². The molecule has 1 saturated carbocycles. The zero-order valence-electron chi connectivity index (χ0n) is 15.4. The van der Waals surface area contributed by atoms with Crippen LogP contribution in [0.2, 0.25) is 0 Å². The van der Waals surface area contributed by atoms with E-state index in [1.807, 2.05) is 4.90 Å². The number of hydrogen-bond donors (Lipinski definition) is 2. The van der Waals surface area contributed by atoms with Crippen molar-refractivity contribution < 1.29 is 28.2 Å². The molecule has 8 heteroatoms. The van der Waals surface area contributed by atoms with Crippen LogP contribution in [0.1, 0.15) is 29.6 Å². The lowest BCUT2D eigenvalue weighted by Crippen LogP contribution is -2.49. The third kappa shape index (κ3) is 3.75.